The second-order valence-corrected chi connectivity index (χ2v) is 5.14. The monoisotopic (exact) mass is 293 g/mol. The molecule has 1 aromatic rings. The van der Waals surface area contributed by atoms with Crippen molar-refractivity contribution in [1.82, 2.24) is 9.80 Å². The number of hydrogen-bond acceptors (Lipinski definition) is 4. The number of nitrogens with one attached hydrogen (secondary N) is 1. The summed E-state index contributed by atoms with van der Waals surface area (Å²) in [6, 6.07) is 5.26. The van der Waals surface area contributed by atoms with Crippen molar-refractivity contribution in [1.29, 1.82) is 0 Å². The maximum atomic E-state index is 12.4. The summed E-state index contributed by atoms with van der Waals surface area (Å²) < 4.78 is 10.4. The number of likely N-dealkylation sites (N-methyl/N-ethyl adjacent to an activating group) is 1. The molecule has 1 heterocycles. The van der Waals surface area contributed by atoms with E-state index in [9.17, 15) is 4.79 Å². The molecule has 2 rings (SSSR count). The number of anilines is 1. The molecule has 0 spiro atoms. The summed E-state index contributed by atoms with van der Waals surface area (Å²) in [6.07, 6.45) is 0.990. The van der Waals surface area contributed by atoms with Crippen molar-refractivity contribution in [2.75, 3.05) is 52.8 Å². The average Bonchev–Trinajstić information content (AvgIpc) is 2.72. The van der Waals surface area contributed by atoms with Crippen molar-refractivity contribution in [3.8, 4) is 11.5 Å². The van der Waals surface area contributed by atoms with Crippen molar-refractivity contribution in [3.63, 3.8) is 0 Å². The van der Waals surface area contributed by atoms with Crippen LogP contribution in [0, 0.1) is 0 Å². The minimum absolute atomic E-state index is 0.0891. The van der Waals surface area contributed by atoms with Gasteiger partial charge in [0.25, 0.3) is 0 Å². The molecule has 1 fully saturated rings. The van der Waals surface area contributed by atoms with Crippen LogP contribution in [0.25, 0.3) is 0 Å². The topological polar surface area (TPSA) is 54.0 Å². The third-order valence-corrected chi connectivity index (χ3v) is 3.66. The van der Waals surface area contributed by atoms with E-state index in [4.69, 9.17) is 9.47 Å². The van der Waals surface area contributed by atoms with E-state index in [1.54, 1.807) is 32.4 Å². The van der Waals surface area contributed by atoms with Gasteiger partial charge in [0.15, 0.2) is 0 Å². The highest BCUT2D eigenvalue weighted by Gasteiger charge is 2.18. The van der Waals surface area contributed by atoms with E-state index >= 15 is 0 Å². The molecule has 0 unspecified atom stereocenters. The Balaban J connectivity index is 2.05. The smallest absolute Gasteiger partial charge is 0.321 e. The lowest BCUT2D eigenvalue weighted by atomic mass is 10.2. The van der Waals surface area contributed by atoms with Crippen LogP contribution in [0.3, 0.4) is 0 Å². The minimum Gasteiger partial charge on any atom is -0.497 e. The molecule has 1 saturated heterocycles. The van der Waals surface area contributed by atoms with Gasteiger partial charge in [-0.3, -0.25) is 0 Å². The van der Waals surface area contributed by atoms with Gasteiger partial charge in [-0.15, -0.1) is 0 Å². The molecule has 0 aromatic heterocycles. The van der Waals surface area contributed by atoms with Gasteiger partial charge in [0.1, 0.15) is 11.5 Å². The molecule has 0 atom stereocenters. The second kappa shape index (κ2) is 7.17. The van der Waals surface area contributed by atoms with Crippen molar-refractivity contribution < 1.29 is 14.3 Å². The zero-order valence-electron chi connectivity index (χ0n) is 12.9. The Labute approximate surface area is 125 Å². The van der Waals surface area contributed by atoms with Crippen molar-refractivity contribution in [2.24, 2.45) is 0 Å². The summed E-state index contributed by atoms with van der Waals surface area (Å²) in [7, 11) is 5.25. The number of rotatable bonds is 3. The zero-order chi connectivity index (χ0) is 15.2. The molecule has 6 heteroatoms. The zero-order valence-corrected chi connectivity index (χ0v) is 12.9. The minimum atomic E-state index is -0.0891. The Morgan fingerprint density at radius 3 is 2.67 bits per heavy atom. The van der Waals surface area contributed by atoms with E-state index in [2.05, 4.69) is 17.3 Å². The summed E-state index contributed by atoms with van der Waals surface area (Å²) in [4.78, 5) is 16.4. The van der Waals surface area contributed by atoms with Gasteiger partial charge in [-0.1, -0.05) is 0 Å². The molecule has 0 aliphatic carbocycles. The van der Waals surface area contributed by atoms with E-state index in [0.717, 1.165) is 32.6 Å². The Hall–Kier alpha value is -1.95. The first-order chi connectivity index (χ1) is 10.1. The normalized spacial score (nSPS) is 16.2. The van der Waals surface area contributed by atoms with Gasteiger partial charge in [-0.25, -0.2) is 4.79 Å². The lowest BCUT2D eigenvalue weighted by Gasteiger charge is -2.22. The Morgan fingerprint density at radius 2 is 1.95 bits per heavy atom. The van der Waals surface area contributed by atoms with Crippen LogP contribution >= 0.6 is 0 Å². The largest absolute Gasteiger partial charge is 0.497 e. The predicted octanol–water partition coefficient (Wildman–Crippen LogP) is 1.87. The summed E-state index contributed by atoms with van der Waals surface area (Å²) in [5.41, 5.74) is 0.654. The van der Waals surface area contributed by atoms with E-state index in [1.807, 2.05) is 4.90 Å². The Kier molecular flexibility index (Phi) is 5.27. The van der Waals surface area contributed by atoms with Crippen LogP contribution in [0.4, 0.5) is 10.5 Å². The quantitative estimate of drug-likeness (QED) is 0.924. The molecule has 2 amide bonds. The summed E-state index contributed by atoms with van der Waals surface area (Å²) in [5, 5.41) is 2.91. The molecule has 116 valence electrons. The number of urea groups is 1. The fourth-order valence-corrected chi connectivity index (χ4v) is 2.35. The van der Waals surface area contributed by atoms with Gasteiger partial charge < -0.3 is 24.6 Å². The molecule has 0 radical (unpaired) electrons. The number of benzene rings is 1. The first-order valence-corrected chi connectivity index (χ1v) is 7.10. The van der Waals surface area contributed by atoms with E-state index in [1.165, 1.54) is 0 Å². The molecular weight excluding hydrogens is 270 g/mol. The first kappa shape index (κ1) is 15.4. The molecule has 1 aliphatic rings. The number of nitrogens with zero attached hydrogens (tertiary/aromatic N) is 2. The molecule has 1 aromatic carbocycles. The highest BCUT2D eigenvalue weighted by molar-refractivity contribution is 5.91. The third-order valence-electron chi connectivity index (χ3n) is 3.66. The number of amides is 2. The molecule has 21 heavy (non-hydrogen) atoms. The number of carbonyl (C=O) groups excluding carboxylic acids is 1. The molecule has 6 nitrogen and oxygen atoms in total. The Morgan fingerprint density at radius 1 is 1.14 bits per heavy atom. The predicted molar refractivity (Wildman–Crippen MR) is 82.3 cm³/mol. The summed E-state index contributed by atoms with van der Waals surface area (Å²) in [5.74, 6) is 1.29. The van der Waals surface area contributed by atoms with Crippen LogP contribution in [0.15, 0.2) is 18.2 Å². The Bertz CT molecular complexity index is 493. The summed E-state index contributed by atoms with van der Waals surface area (Å²) in [6.45, 7) is 3.43. The number of carbonyl (C=O) groups is 1. The second-order valence-electron chi connectivity index (χ2n) is 5.14. The summed E-state index contributed by atoms with van der Waals surface area (Å²) >= 11 is 0. The number of methoxy groups -OCH3 is 2. The average molecular weight is 293 g/mol. The van der Waals surface area contributed by atoms with Crippen molar-refractivity contribution in [2.45, 2.75) is 6.42 Å². The molecule has 1 N–H and O–H groups in total. The molecular formula is C15H23N3O3. The van der Waals surface area contributed by atoms with Crippen LogP contribution in [0.1, 0.15) is 6.42 Å². The molecule has 0 saturated carbocycles. The molecule has 1 aliphatic heterocycles. The first-order valence-electron chi connectivity index (χ1n) is 7.10. The van der Waals surface area contributed by atoms with E-state index < -0.39 is 0 Å². The van der Waals surface area contributed by atoms with Crippen LogP contribution in [-0.2, 0) is 0 Å². The lowest BCUT2D eigenvalue weighted by molar-refractivity contribution is 0.213. The van der Waals surface area contributed by atoms with Crippen molar-refractivity contribution >= 4 is 11.7 Å². The van der Waals surface area contributed by atoms with E-state index in [0.29, 0.717) is 17.2 Å². The van der Waals surface area contributed by atoms with Crippen LogP contribution in [0.5, 0.6) is 11.5 Å². The molecule has 0 bridgehead atoms. The fourth-order valence-electron chi connectivity index (χ4n) is 2.35. The van der Waals surface area contributed by atoms with Gasteiger partial charge in [0.05, 0.1) is 19.9 Å². The maximum absolute atomic E-state index is 12.4. The maximum Gasteiger partial charge on any atom is 0.321 e. The van der Waals surface area contributed by atoms with Crippen LogP contribution < -0.4 is 14.8 Å². The standard InChI is InChI=1S/C15H23N3O3/c1-17-7-4-8-18(10-9-17)15(19)16-13-6-5-12(20-2)11-14(13)21-3/h5-6,11H,4,7-10H2,1-3H3,(H,16,19). The number of ether oxygens (including phenoxy) is 2. The van der Waals surface area contributed by atoms with Gasteiger partial charge in [0, 0.05) is 25.7 Å². The number of hydrogen-bond donors (Lipinski definition) is 1. The van der Waals surface area contributed by atoms with E-state index in [-0.39, 0.29) is 6.03 Å². The lowest BCUT2D eigenvalue weighted by Crippen LogP contribution is -2.37. The van der Waals surface area contributed by atoms with Gasteiger partial charge in [-0.2, -0.15) is 0 Å². The third kappa shape index (κ3) is 4.01. The van der Waals surface area contributed by atoms with Gasteiger partial charge in [-0.05, 0) is 32.1 Å². The van der Waals surface area contributed by atoms with Gasteiger partial charge >= 0.3 is 6.03 Å². The highest BCUT2D eigenvalue weighted by atomic mass is 16.5. The fraction of sp³-hybridized carbons (Fsp3) is 0.533. The van der Waals surface area contributed by atoms with Gasteiger partial charge in [0.2, 0.25) is 0 Å². The highest BCUT2D eigenvalue weighted by Crippen LogP contribution is 2.29. The van der Waals surface area contributed by atoms with Crippen LogP contribution in [0.2, 0.25) is 0 Å². The SMILES string of the molecule is COc1ccc(NC(=O)N2CCCN(C)CC2)c(OC)c1. The van der Waals surface area contributed by atoms with Crippen molar-refractivity contribution in [3.05, 3.63) is 18.2 Å². The van der Waals surface area contributed by atoms with Crippen LogP contribution in [-0.4, -0.2) is 63.3 Å².